The summed E-state index contributed by atoms with van der Waals surface area (Å²) < 4.78 is 5.16. The lowest BCUT2D eigenvalue weighted by atomic mass is 10.0. The number of pyridine rings is 1. The monoisotopic (exact) mass is 265 g/mol. The van der Waals surface area contributed by atoms with E-state index in [-0.39, 0.29) is 5.56 Å². The Balaban J connectivity index is 2.26. The third kappa shape index (κ3) is 2.18. The van der Waals surface area contributed by atoms with Crippen LogP contribution in [0.3, 0.4) is 0 Å². The van der Waals surface area contributed by atoms with Crippen molar-refractivity contribution in [1.29, 1.82) is 0 Å². The second-order valence-corrected chi connectivity index (χ2v) is 4.82. The van der Waals surface area contributed by atoms with Crippen LogP contribution in [0.2, 0.25) is 0 Å². The molecule has 0 atom stereocenters. The van der Waals surface area contributed by atoms with Gasteiger partial charge in [0, 0.05) is 17.0 Å². The molecule has 0 aliphatic carbocycles. The van der Waals surface area contributed by atoms with E-state index < -0.39 is 0 Å². The van der Waals surface area contributed by atoms with Crippen molar-refractivity contribution in [2.75, 3.05) is 7.11 Å². The maximum atomic E-state index is 11.8. The predicted molar refractivity (Wildman–Crippen MR) is 81.3 cm³/mol. The van der Waals surface area contributed by atoms with Crippen molar-refractivity contribution in [3.05, 3.63) is 64.4 Å². The van der Waals surface area contributed by atoms with Crippen LogP contribution in [0.1, 0.15) is 5.56 Å². The number of nitrogens with one attached hydrogen (secondary N) is 1. The zero-order valence-electron chi connectivity index (χ0n) is 11.4. The fourth-order valence-electron chi connectivity index (χ4n) is 2.38. The normalized spacial score (nSPS) is 10.7. The van der Waals surface area contributed by atoms with Crippen LogP contribution in [0.4, 0.5) is 0 Å². The average molecular weight is 265 g/mol. The van der Waals surface area contributed by atoms with Gasteiger partial charge < -0.3 is 9.72 Å². The summed E-state index contributed by atoms with van der Waals surface area (Å²) in [4.78, 5) is 14.7. The molecule has 0 aliphatic heterocycles. The molecule has 0 bridgehead atoms. The number of benzene rings is 2. The van der Waals surface area contributed by atoms with E-state index in [1.807, 2.05) is 49.4 Å². The van der Waals surface area contributed by atoms with Crippen molar-refractivity contribution in [2.45, 2.75) is 6.92 Å². The molecule has 1 aromatic heterocycles. The maximum Gasteiger partial charge on any atom is 0.249 e. The molecule has 0 fully saturated rings. The van der Waals surface area contributed by atoms with Crippen LogP contribution in [0.5, 0.6) is 5.75 Å². The van der Waals surface area contributed by atoms with E-state index in [1.165, 1.54) is 0 Å². The van der Waals surface area contributed by atoms with Crippen LogP contribution in [0.15, 0.2) is 53.3 Å². The molecule has 2 aromatic carbocycles. The molecule has 0 spiro atoms. The Kier molecular flexibility index (Phi) is 3.03. The zero-order valence-corrected chi connectivity index (χ0v) is 11.4. The third-order valence-electron chi connectivity index (χ3n) is 3.40. The lowest BCUT2D eigenvalue weighted by Gasteiger charge is -2.08. The van der Waals surface area contributed by atoms with Gasteiger partial charge in [0.2, 0.25) is 5.56 Å². The SMILES string of the molecule is COc1ccc(-c2cc(=O)[nH]c3cc(C)ccc23)cc1. The minimum atomic E-state index is -0.0890. The lowest BCUT2D eigenvalue weighted by Crippen LogP contribution is -2.04. The highest BCUT2D eigenvalue weighted by molar-refractivity contribution is 5.94. The fraction of sp³-hybridized carbons (Fsp3) is 0.118. The molecule has 0 radical (unpaired) electrons. The van der Waals surface area contributed by atoms with Gasteiger partial charge in [-0.3, -0.25) is 4.79 Å². The number of hydrogen-bond donors (Lipinski definition) is 1. The maximum absolute atomic E-state index is 11.8. The lowest BCUT2D eigenvalue weighted by molar-refractivity contribution is 0.415. The molecule has 0 saturated carbocycles. The van der Waals surface area contributed by atoms with Gasteiger partial charge in [-0.05, 0) is 41.8 Å². The molecule has 3 rings (SSSR count). The summed E-state index contributed by atoms with van der Waals surface area (Å²) in [6.45, 7) is 2.01. The van der Waals surface area contributed by atoms with Gasteiger partial charge in [0.05, 0.1) is 7.11 Å². The standard InChI is InChI=1S/C17H15NO2/c1-11-3-8-14-15(10-17(19)18-16(14)9-11)12-4-6-13(20-2)7-5-12/h3-10H,1-2H3,(H,18,19). The second-order valence-electron chi connectivity index (χ2n) is 4.82. The quantitative estimate of drug-likeness (QED) is 0.770. The van der Waals surface area contributed by atoms with Crippen LogP contribution < -0.4 is 10.3 Å². The van der Waals surface area contributed by atoms with Crippen LogP contribution in [0, 0.1) is 6.92 Å². The van der Waals surface area contributed by atoms with Gasteiger partial charge in [-0.15, -0.1) is 0 Å². The van der Waals surface area contributed by atoms with Gasteiger partial charge in [-0.25, -0.2) is 0 Å². The molecule has 20 heavy (non-hydrogen) atoms. The van der Waals surface area contributed by atoms with E-state index >= 15 is 0 Å². The molecule has 0 amide bonds. The first kappa shape index (κ1) is 12.5. The van der Waals surface area contributed by atoms with Crippen molar-refractivity contribution in [3.8, 4) is 16.9 Å². The largest absolute Gasteiger partial charge is 0.497 e. The van der Waals surface area contributed by atoms with Crippen molar-refractivity contribution in [3.63, 3.8) is 0 Å². The second kappa shape index (κ2) is 4.85. The molecular weight excluding hydrogens is 250 g/mol. The Bertz CT molecular complexity index is 817. The highest BCUT2D eigenvalue weighted by Gasteiger charge is 2.06. The summed E-state index contributed by atoms with van der Waals surface area (Å²) in [5.41, 5.74) is 3.84. The number of aromatic nitrogens is 1. The van der Waals surface area contributed by atoms with Gasteiger partial charge in [0.1, 0.15) is 5.75 Å². The highest BCUT2D eigenvalue weighted by atomic mass is 16.5. The van der Waals surface area contributed by atoms with Gasteiger partial charge in [-0.1, -0.05) is 24.3 Å². The molecule has 3 aromatic rings. The Morgan fingerprint density at radius 3 is 2.45 bits per heavy atom. The van der Waals surface area contributed by atoms with Crippen LogP contribution in [0.25, 0.3) is 22.0 Å². The minimum Gasteiger partial charge on any atom is -0.497 e. The van der Waals surface area contributed by atoms with Crippen LogP contribution in [-0.2, 0) is 0 Å². The van der Waals surface area contributed by atoms with Gasteiger partial charge in [0.15, 0.2) is 0 Å². The number of H-pyrrole nitrogens is 1. The van der Waals surface area contributed by atoms with E-state index in [0.29, 0.717) is 0 Å². The highest BCUT2D eigenvalue weighted by Crippen LogP contribution is 2.28. The van der Waals surface area contributed by atoms with Gasteiger partial charge in [0.25, 0.3) is 0 Å². The first-order valence-corrected chi connectivity index (χ1v) is 6.45. The molecular formula is C17H15NO2. The Morgan fingerprint density at radius 1 is 1.00 bits per heavy atom. The molecule has 1 heterocycles. The number of rotatable bonds is 2. The van der Waals surface area contributed by atoms with Crippen molar-refractivity contribution >= 4 is 10.9 Å². The molecule has 3 heteroatoms. The smallest absolute Gasteiger partial charge is 0.249 e. The number of hydrogen-bond acceptors (Lipinski definition) is 2. The molecule has 1 N–H and O–H groups in total. The van der Waals surface area contributed by atoms with E-state index in [1.54, 1.807) is 13.2 Å². The Morgan fingerprint density at radius 2 is 1.75 bits per heavy atom. The summed E-state index contributed by atoms with van der Waals surface area (Å²) in [6.07, 6.45) is 0. The van der Waals surface area contributed by atoms with Crippen LogP contribution in [-0.4, -0.2) is 12.1 Å². The summed E-state index contributed by atoms with van der Waals surface area (Å²) in [7, 11) is 1.64. The van der Waals surface area contributed by atoms with E-state index in [0.717, 1.165) is 33.3 Å². The first-order chi connectivity index (χ1) is 9.67. The van der Waals surface area contributed by atoms with E-state index in [4.69, 9.17) is 4.74 Å². The first-order valence-electron chi connectivity index (χ1n) is 6.45. The molecule has 0 saturated heterocycles. The molecule has 0 unspecified atom stereocenters. The molecule has 3 nitrogen and oxygen atoms in total. The predicted octanol–water partition coefficient (Wildman–Crippen LogP) is 3.51. The summed E-state index contributed by atoms with van der Waals surface area (Å²) in [5.74, 6) is 0.804. The topological polar surface area (TPSA) is 42.1 Å². The summed E-state index contributed by atoms with van der Waals surface area (Å²) in [6, 6.07) is 15.4. The Hall–Kier alpha value is -2.55. The van der Waals surface area contributed by atoms with Gasteiger partial charge in [-0.2, -0.15) is 0 Å². The minimum absolute atomic E-state index is 0.0890. The third-order valence-corrected chi connectivity index (χ3v) is 3.40. The summed E-state index contributed by atoms with van der Waals surface area (Å²) >= 11 is 0. The van der Waals surface area contributed by atoms with E-state index in [2.05, 4.69) is 4.98 Å². The number of aromatic amines is 1. The van der Waals surface area contributed by atoms with E-state index in [9.17, 15) is 4.79 Å². The number of ether oxygens (including phenoxy) is 1. The van der Waals surface area contributed by atoms with Gasteiger partial charge >= 0.3 is 0 Å². The fourth-order valence-corrected chi connectivity index (χ4v) is 2.38. The Labute approximate surface area is 116 Å². The van der Waals surface area contributed by atoms with Crippen molar-refractivity contribution in [1.82, 2.24) is 4.98 Å². The van der Waals surface area contributed by atoms with Crippen molar-refractivity contribution < 1.29 is 4.74 Å². The number of aryl methyl sites for hydroxylation is 1. The molecule has 0 aliphatic rings. The zero-order chi connectivity index (χ0) is 14.1. The molecule has 100 valence electrons. The summed E-state index contributed by atoms with van der Waals surface area (Å²) in [5, 5.41) is 1.04. The number of fused-ring (bicyclic) bond motifs is 1. The number of methoxy groups -OCH3 is 1. The van der Waals surface area contributed by atoms with Crippen molar-refractivity contribution in [2.24, 2.45) is 0 Å². The average Bonchev–Trinajstić information content (AvgIpc) is 2.46. The van der Waals surface area contributed by atoms with Crippen LogP contribution >= 0.6 is 0 Å².